The molecule has 0 atom stereocenters. The van der Waals surface area contributed by atoms with E-state index in [1.807, 2.05) is 13.8 Å². The van der Waals surface area contributed by atoms with E-state index in [-0.39, 0.29) is 10.8 Å². The minimum Gasteiger partial charge on any atom is -0.411 e. The summed E-state index contributed by atoms with van der Waals surface area (Å²) in [6.07, 6.45) is 0. The number of nitrogens with zero attached hydrogens (tertiary/aromatic N) is 1. The molecule has 0 aliphatic carbocycles. The highest BCUT2D eigenvalue weighted by Crippen LogP contribution is 2.29. The first-order valence-electron chi connectivity index (χ1n) is 5.74. The maximum atomic E-state index is 11.1. The lowest BCUT2D eigenvalue weighted by Gasteiger charge is -2.27. The van der Waals surface area contributed by atoms with Crippen LogP contribution in [0, 0.1) is 0 Å². The molecule has 0 spiro atoms. The topological polar surface area (TPSA) is 52.3 Å². The Balaban J connectivity index is 2.78. The summed E-state index contributed by atoms with van der Waals surface area (Å²) in [4.78, 5) is 11.1. The Morgan fingerprint density at radius 3 is 2.35 bits per heavy atom. The molecule has 1 aromatic rings. The van der Waals surface area contributed by atoms with Crippen molar-refractivity contribution in [3.8, 4) is 0 Å². The number of ketones is 1. The van der Waals surface area contributed by atoms with E-state index in [2.05, 4.69) is 25.9 Å². The van der Waals surface area contributed by atoms with Crippen LogP contribution in [0.4, 0.5) is 0 Å². The fraction of sp³-hybridized carbons (Fsp3) is 0.667. The molecule has 0 radical (unpaired) electrons. The summed E-state index contributed by atoms with van der Waals surface area (Å²) in [7, 11) is -0.681. The zero-order chi connectivity index (χ0) is 13.3. The monoisotopic (exact) mass is 255 g/mol. The van der Waals surface area contributed by atoms with Gasteiger partial charge >= 0.3 is 0 Å². The molecule has 0 aliphatic heterocycles. The Labute approximate surface area is 105 Å². The van der Waals surface area contributed by atoms with Gasteiger partial charge in [-0.05, 0) is 18.9 Å². The Kier molecular flexibility index (Phi) is 3.94. The van der Waals surface area contributed by atoms with Crippen molar-refractivity contribution in [3.63, 3.8) is 0 Å². The van der Waals surface area contributed by atoms with Crippen LogP contribution < -0.4 is 0 Å². The highest BCUT2D eigenvalue weighted by Gasteiger charge is 2.29. The van der Waals surface area contributed by atoms with E-state index in [9.17, 15) is 4.79 Å². The normalized spacial score (nSPS) is 13.5. The van der Waals surface area contributed by atoms with Crippen molar-refractivity contribution in [2.75, 3.05) is 0 Å². The Hall–Kier alpha value is -0.943. The number of hydrogen-bond donors (Lipinski definition) is 0. The van der Waals surface area contributed by atoms with Gasteiger partial charge in [-0.25, -0.2) is 0 Å². The van der Waals surface area contributed by atoms with E-state index in [0.717, 1.165) is 0 Å². The average Bonchev–Trinajstić information content (AvgIpc) is 2.63. The predicted octanol–water partition coefficient (Wildman–Crippen LogP) is 2.43. The molecular formula is C12H21NO3Si. The van der Waals surface area contributed by atoms with Gasteiger partial charge in [0.2, 0.25) is 0 Å². The second-order valence-corrected chi connectivity index (χ2v) is 8.69. The van der Waals surface area contributed by atoms with Crippen LogP contribution in [-0.2, 0) is 10.0 Å². The number of Topliss-reactive ketones (excluding diaryl/α,β-unsaturated/α-hetero) is 1. The summed E-state index contributed by atoms with van der Waals surface area (Å²) < 4.78 is 11.1. The number of carbonyl (C=O) groups is 1. The molecule has 0 fully saturated rings. The van der Waals surface area contributed by atoms with Gasteiger partial charge in [-0.15, -0.1) is 0 Å². The van der Waals surface area contributed by atoms with Gasteiger partial charge in [0.25, 0.3) is 0 Å². The molecule has 1 rings (SSSR count). The molecular weight excluding hydrogens is 234 g/mol. The third-order valence-electron chi connectivity index (χ3n) is 2.33. The number of aromatic nitrogens is 1. The van der Waals surface area contributed by atoms with Crippen LogP contribution >= 0.6 is 0 Å². The van der Waals surface area contributed by atoms with Gasteiger partial charge in [-0.2, -0.15) is 0 Å². The van der Waals surface area contributed by atoms with Gasteiger partial charge in [0, 0.05) is 13.0 Å². The molecule has 0 N–H and O–H groups in total. The lowest BCUT2D eigenvalue weighted by atomic mass is 10.1. The molecule has 1 heterocycles. The van der Waals surface area contributed by atoms with Crippen LogP contribution in [-0.4, -0.2) is 20.7 Å². The summed E-state index contributed by atoms with van der Waals surface area (Å²) in [6, 6.07) is 1.67. The lowest BCUT2D eigenvalue weighted by Crippen LogP contribution is -2.27. The van der Waals surface area contributed by atoms with Crippen molar-refractivity contribution in [3.05, 3.63) is 17.5 Å². The van der Waals surface area contributed by atoms with Crippen LogP contribution in [0.15, 0.2) is 10.6 Å². The van der Waals surface area contributed by atoms with Crippen molar-refractivity contribution in [2.24, 2.45) is 0 Å². The minimum absolute atomic E-state index is 0.0936. The average molecular weight is 255 g/mol. The minimum atomic E-state index is -0.681. The first-order chi connectivity index (χ1) is 7.62. The number of carbonyl (C=O) groups excluding carboxylic acids is 1. The van der Waals surface area contributed by atoms with Gasteiger partial charge < -0.3 is 8.95 Å². The second kappa shape index (κ2) is 4.74. The van der Waals surface area contributed by atoms with Gasteiger partial charge in [-0.3, -0.25) is 4.79 Å². The van der Waals surface area contributed by atoms with Gasteiger partial charge in [0.1, 0.15) is 11.3 Å². The molecule has 0 saturated carbocycles. The molecule has 0 aliphatic rings. The van der Waals surface area contributed by atoms with E-state index in [1.54, 1.807) is 6.07 Å². The summed E-state index contributed by atoms with van der Waals surface area (Å²) in [5.74, 6) is 0.517. The van der Waals surface area contributed by atoms with Crippen LogP contribution in [0.1, 0.15) is 57.8 Å². The summed E-state index contributed by atoms with van der Waals surface area (Å²) >= 11 is 0. The van der Waals surface area contributed by atoms with Crippen LogP contribution in [0.5, 0.6) is 0 Å². The maximum Gasteiger partial charge on any atom is 0.181 e. The number of hydrogen-bond acceptors (Lipinski definition) is 4. The summed E-state index contributed by atoms with van der Waals surface area (Å²) in [5.41, 5.74) is -0.158. The molecule has 96 valence electrons. The standard InChI is InChI=1S/C12H21NO3Si/c1-8(14)9-7-10(15-13-9)12(5,6)16-17-11(2,3)4/h7H,17H2,1-6H3. The molecule has 17 heavy (non-hydrogen) atoms. The highest BCUT2D eigenvalue weighted by atomic mass is 28.2. The van der Waals surface area contributed by atoms with Gasteiger partial charge in [0.15, 0.2) is 21.3 Å². The van der Waals surface area contributed by atoms with Crippen LogP contribution in [0.2, 0.25) is 5.04 Å². The first-order valence-corrected chi connectivity index (χ1v) is 7.02. The van der Waals surface area contributed by atoms with Crippen molar-refractivity contribution < 1.29 is 13.7 Å². The van der Waals surface area contributed by atoms with Crippen molar-refractivity contribution >= 4 is 15.5 Å². The van der Waals surface area contributed by atoms with E-state index in [0.29, 0.717) is 11.5 Å². The van der Waals surface area contributed by atoms with Crippen molar-refractivity contribution in [2.45, 2.75) is 52.2 Å². The maximum absolute atomic E-state index is 11.1. The predicted molar refractivity (Wildman–Crippen MR) is 68.9 cm³/mol. The van der Waals surface area contributed by atoms with E-state index < -0.39 is 15.4 Å². The highest BCUT2D eigenvalue weighted by molar-refractivity contribution is 6.31. The molecule has 4 nitrogen and oxygen atoms in total. The Morgan fingerprint density at radius 1 is 1.35 bits per heavy atom. The SMILES string of the molecule is CC(=O)c1cc(C(C)(C)O[SiH2]C(C)(C)C)on1. The third-order valence-corrected chi connectivity index (χ3v) is 4.06. The molecule has 1 aromatic heterocycles. The first kappa shape index (κ1) is 14.1. The fourth-order valence-electron chi connectivity index (χ4n) is 1.19. The molecule has 0 amide bonds. The molecule has 0 saturated heterocycles. The lowest BCUT2D eigenvalue weighted by molar-refractivity contribution is 0.0748. The summed E-state index contributed by atoms with van der Waals surface area (Å²) in [5, 5.41) is 3.96. The van der Waals surface area contributed by atoms with Crippen molar-refractivity contribution in [1.29, 1.82) is 0 Å². The van der Waals surface area contributed by atoms with Crippen LogP contribution in [0.3, 0.4) is 0 Å². The molecule has 5 heteroatoms. The molecule has 0 unspecified atom stereocenters. The number of rotatable bonds is 4. The van der Waals surface area contributed by atoms with Crippen molar-refractivity contribution in [1.82, 2.24) is 5.16 Å². The smallest absolute Gasteiger partial charge is 0.181 e. The molecule has 0 aromatic carbocycles. The second-order valence-electron chi connectivity index (χ2n) is 5.99. The van der Waals surface area contributed by atoms with E-state index in [1.165, 1.54) is 6.92 Å². The fourth-order valence-corrected chi connectivity index (χ4v) is 2.13. The largest absolute Gasteiger partial charge is 0.411 e. The van der Waals surface area contributed by atoms with Gasteiger partial charge in [0.05, 0.1) is 0 Å². The quantitative estimate of drug-likeness (QED) is 0.612. The van der Waals surface area contributed by atoms with Gasteiger partial charge in [-0.1, -0.05) is 25.9 Å². The van der Waals surface area contributed by atoms with Crippen LogP contribution in [0.25, 0.3) is 0 Å². The third kappa shape index (κ3) is 4.09. The molecule has 0 bridgehead atoms. The Bertz CT molecular complexity index is 404. The summed E-state index contributed by atoms with van der Waals surface area (Å²) in [6.45, 7) is 11.8. The zero-order valence-electron chi connectivity index (χ0n) is 11.5. The van der Waals surface area contributed by atoms with E-state index >= 15 is 0 Å². The van der Waals surface area contributed by atoms with E-state index in [4.69, 9.17) is 8.95 Å². The zero-order valence-corrected chi connectivity index (χ0v) is 12.9. The Morgan fingerprint density at radius 2 is 1.94 bits per heavy atom.